The van der Waals surface area contributed by atoms with Gasteiger partial charge in [0.05, 0.1) is 17.8 Å². The third-order valence-electron chi connectivity index (χ3n) is 4.40. The van der Waals surface area contributed by atoms with Crippen molar-refractivity contribution in [2.45, 2.75) is 12.1 Å². The van der Waals surface area contributed by atoms with Crippen molar-refractivity contribution in [3.8, 4) is 0 Å². The Balaban J connectivity index is 1.81. The molecule has 1 aromatic carbocycles. The molecular weight excluding hydrogens is 396 g/mol. The Morgan fingerprint density at radius 2 is 1.92 bits per heavy atom. The lowest BCUT2D eigenvalue weighted by Crippen LogP contribution is -2.29. The minimum atomic E-state index is -0.000234. The lowest BCUT2D eigenvalue weighted by molar-refractivity contribution is 0.567. The van der Waals surface area contributed by atoms with E-state index in [1.54, 1.807) is 0 Å². The van der Waals surface area contributed by atoms with Gasteiger partial charge in [0.2, 0.25) is 0 Å². The van der Waals surface area contributed by atoms with Gasteiger partial charge in [-0.25, -0.2) is 0 Å². The summed E-state index contributed by atoms with van der Waals surface area (Å²) in [6.45, 7) is 0. The number of nitrogens with zero attached hydrogens (tertiary/aromatic N) is 3. The molecule has 0 bridgehead atoms. The molecule has 25 heavy (non-hydrogen) atoms. The number of aromatic nitrogens is 2. The van der Waals surface area contributed by atoms with Crippen molar-refractivity contribution in [2.24, 2.45) is 7.05 Å². The van der Waals surface area contributed by atoms with Gasteiger partial charge in [0.15, 0.2) is 5.11 Å². The molecule has 3 aromatic rings. The standard InChI is InChI=1S/C19H17BrN4S/c1-23-11-9-13(12-23)18-17(16-4-2-3-10-21-16)22-19(25)24(18)15-7-5-14(20)6-8-15/h2-12,17-18H,1H3,(H,22,25)/t17-,18-/m0/s1. The monoisotopic (exact) mass is 412 g/mol. The fraction of sp³-hybridized carbons (Fsp3) is 0.158. The molecule has 0 aliphatic carbocycles. The molecule has 6 heteroatoms. The van der Waals surface area contributed by atoms with Crippen LogP contribution in [0.5, 0.6) is 0 Å². The van der Waals surface area contributed by atoms with Gasteiger partial charge in [-0.3, -0.25) is 4.98 Å². The molecule has 1 N–H and O–H groups in total. The summed E-state index contributed by atoms with van der Waals surface area (Å²) >= 11 is 9.19. The van der Waals surface area contributed by atoms with Crippen LogP contribution in [0.2, 0.25) is 0 Å². The maximum Gasteiger partial charge on any atom is 0.174 e. The van der Waals surface area contributed by atoms with E-state index >= 15 is 0 Å². The van der Waals surface area contributed by atoms with E-state index < -0.39 is 0 Å². The number of halogens is 1. The molecule has 2 atom stereocenters. The second-order valence-corrected chi connectivity index (χ2v) is 7.39. The molecule has 0 saturated carbocycles. The second-order valence-electron chi connectivity index (χ2n) is 6.08. The molecule has 1 saturated heterocycles. The number of aryl methyl sites for hydroxylation is 1. The Morgan fingerprint density at radius 1 is 1.12 bits per heavy atom. The molecule has 126 valence electrons. The predicted molar refractivity (Wildman–Crippen MR) is 107 cm³/mol. The van der Waals surface area contributed by atoms with Crippen LogP contribution in [0.3, 0.4) is 0 Å². The molecule has 1 aliphatic heterocycles. The van der Waals surface area contributed by atoms with Gasteiger partial charge in [0.1, 0.15) is 0 Å². The quantitative estimate of drug-likeness (QED) is 0.647. The summed E-state index contributed by atoms with van der Waals surface area (Å²) < 4.78 is 3.11. The van der Waals surface area contributed by atoms with Crippen LogP contribution in [-0.4, -0.2) is 14.7 Å². The highest BCUT2D eigenvalue weighted by Crippen LogP contribution is 2.41. The summed E-state index contributed by atoms with van der Waals surface area (Å²) in [6.07, 6.45) is 6.03. The maximum atomic E-state index is 5.68. The number of pyridine rings is 1. The third kappa shape index (κ3) is 3.07. The number of hydrogen-bond acceptors (Lipinski definition) is 2. The van der Waals surface area contributed by atoms with E-state index in [0.29, 0.717) is 5.11 Å². The summed E-state index contributed by atoms with van der Waals surface area (Å²) in [5.41, 5.74) is 3.25. The average molecular weight is 413 g/mol. The first-order valence-electron chi connectivity index (χ1n) is 8.01. The summed E-state index contributed by atoms with van der Waals surface area (Å²) in [5, 5.41) is 4.18. The van der Waals surface area contributed by atoms with E-state index in [2.05, 4.69) is 66.3 Å². The topological polar surface area (TPSA) is 33.1 Å². The molecule has 0 unspecified atom stereocenters. The highest BCUT2D eigenvalue weighted by Gasteiger charge is 2.40. The second kappa shape index (κ2) is 6.61. The van der Waals surface area contributed by atoms with E-state index in [4.69, 9.17) is 12.2 Å². The molecule has 0 radical (unpaired) electrons. The Morgan fingerprint density at radius 3 is 2.56 bits per heavy atom. The van der Waals surface area contributed by atoms with E-state index in [9.17, 15) is 0 Å². The predicted octanol–water partition coefficient (Wildman–Crippen LogP) is 4.36. The third-order valence-corrected chi connectivity index (χ3v) is 5.24. The number of nitrogens with one attached hydrogen (secondary N) is 1. The molecule has 1 aliphatic rings. The van der Waals surface area contributed by atoms with Gasteiger partial charge in [-0.1, -0.05) is 22.0 Å². The van der Waals surface area contributed by atoms with E-state index in [-0.39, 0.29) is 12.1 Å². The van der Waals surface area contributed by atoms with Crippen LogP contribution in [0.4, 0.5) is 5.69 Å². The Hall–Kier alpha value is -2.18. The van der Waals surface area contributed by atoms with Gasteiger partial charge >= 0.3 is 0 Å². The summed E-state index contributed by atoms with van der Waals surface area (Å²) in [5.74, 6) is 0. The lowest BCUT2D eigenvalue weighted by atomic mass is 9.99. The van der Waals surface area contributed by atoms with Crippen molar-refractivity contribution in [1.29, 1.82) is 0 Å². The zero-order valence-electron chi connectivity index (χ0n) is 13.6. The normalized spacial score (nSPS) is 19.9. The van der Waals surface area contributed by atoms with Crippen molar-refractivity contribution < 1.29 is 0 Å². The molecule has 1 fully saturated rings. The van der Waals surface area contributed by atoms with Crippen LogP contribution in [-0.2, 0) is 7.05 Å². The first-order chi connectivity index (χ1) is 12.1. The highest BCUT2D eigenvalue weighted by atomic mass is 79.9. The van der Waals surface area contributed by atoms with Gasteiger partial charge < -0.3 is 14.8 Å². The first kappa shape index (κ1) is 16.3. The molecule has 0 spiro atoms. The summed E-state index contributed by atoms with van der Waals surface area (Å²) in [6, 6.07) is 16.4. The fourth-order valence-electron chi connectivity index (χ4n) is 3.27. The zero-order valence-corrected chi connectivity index (χ0v) is 16.0. The molecule has 2 aromatic heterocycles. The minimum Gasteiger partial charge on any atom is -0.357 e. The van der Waals surface area contributed by atoms with Crippen molar-refractivity contribution in [3.63, 3.8) is 0 Å². The number of thiocarbonyl (C=S) groups is 1. The molecule has 3 heterocycles. The first-order valence-corrected chi connectivity index (χ1v) is 9.22. The van der Waals surface area contributed by atoms with E-state index in [1.165, 1.54) is 5.56 Å². The van der Waals surface area contributed by atoms with Crippen LogP contribution >= 0.6 is 28.1 Å². The smallest absolute Gasteiger partial charge is 0.174 e. The number of hydrogen-bond donors (Lipinski definition) is 1. The summed E-state index contributed by atoms with van der Waals surface area (Å²) in [7, 11) is 2.03. The van der Waals surface area contributed by atoms with Crippen molar-refractivity contribution >= 4 is 38.9 Å². The fourth-order valence-corrected chi connectivity index (χ4v) is 3.88. The largest absolute Gasteiger partial charge is 0.357 e. The van der Waals surface area contributed by atoms with E-state index in [0.717, 1.165) is 15.9 Å². The molecule has 4 nitrogen and oxygen atoms in total. The van der Waals surface area contributed by atoms with E-state index in [1.807, 2.05) is 43.6 Å². The minimum absolute atomic E-state index is 0.000234. The average Bonchev–Trinajstić information content (AvgIpc) is 3.20. The Kier molecular flexibility index (Phi) is 4.31. The van der Waals surface area contributed by atoms with Gasteiger partial charge in [-0.05, 0) is 60.2 Å². The van der Waals surface area contributed by atoms with Gasteiger partial charge in [-0.15, -0.1) is 0 Å². The van der Waals surface area contributed by atoms with Crippen LogP contribution in [0.25, 0.3) is 0 Å². The highest BCUT2D eigenvalue weighted by molar-refractivity contribution is 9.10. The SMILES string of the molecule is Cn1ccc([C@H]2[C@H](c3ccccn3)NC(=S)N2c2ccc(Br)cc2)c1. The van der Waals surface area contributed by atoms with Crippen LogP contribution in [0, 0.1) is 0 Å². The maximum absolute atomic E-state index is 5.68. The van der Waals surface area contributed by atoms with Crippen LogP contribution in [0.1, 0.15) is 23.3 Å². The lowest BCUT2D eigenvalue weighted by Gasteiger charge is -2.27. The number of benzene rings is 1. The van der Waals surface area contributed by atoms with Crippen LogP contribution in [0.15, 0.2) is 71.6 Å². The van der Waals surface area contributed by atoms with Crippen molar-refractivity contribution in [1.82, 2.24) is 14.9 Å². The van der Waals surface area contributed by atoms with Gasteiger partial charge in [-0.2, -0.15) is 0 Å². The Bertz CT molecular complexity index is 891. The van der Waals surface area contributed by atoms with Crippen molar-refractivity contribution in [3.05, 3.63) is 82.9 Å². The summed E-state index contributed by atoms with van der Waals surface area (Å²) in [4.78, 5) is 6.73. The van der Waals surface area contributed by atoms with Gasteiger partial charge in [0.25, 0.3) is 0 Å². The van der Waals surface area contributed by atoms with Crippen LogP contribution < -0.4 is 10.2 Å². The number of rotatable bonds is 3. The molecule has 0 amide bonds. The zero-order chi connectivity index (χ0) is 17.4. The van der Waals surface area contributed by atoms with Crippen molar-refractivity contribution in [2.75, 3.05) is 4.90 Å². The molecular formula is C19H17BrN4S. The molecule has 4 rings (SSSR count). The Labute approximate surface area is 160 Å². The number of anilines is 1. The van der Waals surface area contributed by atoms with Gasteiger partial charge in [0, 0.05) is 35.8 Å².